The second kappa shape index (κ2) is 10.6. The lowest BCUT2D eigenvalue weighted by molar-refractivity contribution is -0.116. The van der Waals surface area contributed by atoms with E-state index >= 15 is 0 Å². The molecule has 0 saturated carbocycles. The van der Waals surface area contributed by atoms with Crippen molar-refractivity contribution in [2.45, 2.75) is 46.5 Å². The number of carbonyl (C=O) groups is 2. The molecule has 1 heterocycles. The molecule has 0 fully saturated rings. The maximum atomic E-state index is 12.3. The van der Waals surface area contributed by atoms with E-state index in [9.17, 15) is 9.59 Å². The van der Waals surface area contributed by atoms with Gasteiger partial charge in [-0.25, -0.2) is 9.48 Å². The first-order valence-electron chi connectivity index (χ1n) is 10.7. The fourth-order valence-electron chi connectivity index (χ4n) is 3.26. The first kappa shape index (κ1) is 22.3. The molecule has 3 aromatic rings. The zero-order chi connectivity index (χ0) is 22.2. The number of carbonyl (C=O) groups excluding carboxylic acids is 2. The van der Waals surface area contributed by atoms with Crippen LogP contribution in [0.4, 0.5) is 5.69 Å². The lowest BCUT2D eigenvalue weighted by Crippen LogP contribution is -2.13. The molecule has 0 spiro atoms. The molecular weight excluding hydrogens is 390 g/mol. The number of nitrogens with zero attached hydrogens (tertiary/aromatic N) is 2. The van der Waals surface area contributed by atoms with Gasteiger partial charge in [-0.1, -0.05) is 25.5 Å². The maximum Gasteiger partial charge on any atom is 0.338 e. The molecule has 0 radical (unpaired) electrons. The van der Waals surface area contributed by atoms with Crippen LogP contribution in [0.15, 0.2) is 54.6 Å². The van der Waals surface area contributed by atoms with Crippen LogP contribution in [0.3, 0.4) is 0 Å². The number of rotatable bonds is 9. The van der Waals surface area contributed by atoms with Crippen molar-refractivity contribution in [1.82, 2.24) is 9.78 Å². The van der Waals surface area contributed by atoms with Crippen LogP contribution >= 0.6 is 0 Å². The predicted octanol–water partition coefficient (Wildman–Crippen LogP) is 5.02. The predicted molar refractivity (Wildman–Crippen MR) is 122 cm³/mol. The Balaban J connectivity index is 1.48. The van der Waals surface area contributed by atoms with Crippen LogP contribution in [0, 0.1) is 13.8 Å². The van der Waals surface area contributed by atoms with Gasteiger partial charge in [0.15, 0.2) is 0 Å². The third-order valence-corrected chi connectivity index (χ3v) is 4.97. The maximum absolute atomic E-state index is 12.3. The summed E-state index contributed by atoms with van der Waals surface area (Å²) < 4.78 is 7.10. The van der Waals surface area contributed by atoms with Gasteiger partial charge in [-0.05, 0) is 74.7 Å². The van der Waals surface area contributed by atoms with Crippen LogP contribution in [-0.4, -0.2) is 28.3 Å². The van der Waals surface area contributed by atoms with E-state index in [0.29, 0.717) is 30.7 Å². The van der Waals surface area contributed by atoms with Crippen molar-refractivity contribution in [3.05, 3.63) is 77.1 Å². The lowest BCUT2D eigenvalue weighted by Gasteiger charge is -2.08. The molecule has 6 nitrogen and oxygen atoms in total. The molecule has 0 unspecified atom stereocenters. The van der Waals surface area contributed by atoms with Crippen LogP contribution < -0.4 is 5.32 Å². The van der Waals surface area contributed by atoms with Gasteiger partial charge in [0.2, 0.25) is 5.91 Å². The average Bonchev–Trinajstić information content (AvgIpc) is 3.11. The molecule has 0 aliphatic carbocycles. The Kier molecular flexibility index (Phi) is 7.60. The molecular formula is C25H29N3O3. The van der Waals surface area contributed by atoms with E-state index in [0.717, 1.165) is 35.5 Å². The van der Waals surface area contributed by atoms with E-state index in [1.165, 1.54) is 0 Å². The quantitative estimate of drug-likeness (QED) is 0.390. The number of hydrogen-bond acceptors (Lipinski definition) is 4. The number of ether oxygens (including phenoxy) is 1. The number of amides is 1. The standard InChI is InChI=1S/C25H29N3O3/c1-4-5-16-31-25(30)21-9-11-22(12-10-21)26-24(29)15-8-20-6-13-23(14-7-20)28-19(3)17-18(2)27-28/h6-7,9-14,17H,4-5,8,15-16H2,1-3H3,(H,26,29). The highest BCUT2D eigenvalue weighted by molar-refractivity contribution is 5.93. The Bertz CT molecular complexity index is 1020. The fourth-order valence-corrected chi connectivity index (χ4v) is 3.26. The van der Waals surface area contributed by atoms with Crippen LogP contribution in [0.2, 0.25) is 0 Å². The van der Waals surface area contributed by atoms with Gasteiger partial charge in [0.1, 0.15) is 0 Å². The van der Waals surface area contributed by atoms with E-state index in [-0.39, 0.29) is 11.9 Å². The van der Waals surface area contributed by atoms with Crippen LogP contribution in [0.1, 0.15) is 53.5 Å². The lowest BCUT2D eigenvalue weighted by atomic mass is 10.1. The largest absolute Gasteiger partial charge is 0.462 e. The second-order valence-corrected chi connectivity index (χ2v) is 7.62. The summed E-state index contributed by atoms with van der Waals surface area (Å²) in [5.41, 5.74) is 5.31. The third kappa shape index (κ3) is 6.28. The third-order valence-electron chi connectivity index (χ3n) is 4.97. The Morgan fingerprint density at radius 3 is 2.35 bits per heavy atom. The van der Waals surface area contributed by atoms with Gasteiger partial charge in [-0.15, -0.1) is 0 Å². The van der Waals surface area contributed by atoms with Gasteiger partial charge in [-0.2, -0.15) is 5.10 Å². The summed E-state index contributed by atoms with van der Waals surface area (Å²) in [7, 11) is 0. The highest BCUT2D eigenvalue weighted by Crippen LogP contribution is 2.15. The van der Waals surface area contributed by atoms with Crippen molar-refractivity contribution >= 4 is 17.6 Å². The molecule has 2 aromatic carbocycles. The zero-order valence-corrected chi connectivity index (χ0v) is 18.4. The first-order chi connectivity index (χ1) is 15.0. The number of aromatic nitrogens is 2. The molecule has 0 bridgehead atoms. The molecule has 0 atom stereocenters. The summed E-state index contributed by atoms with van der Waals surface area (Å²) in [5, 5.41) is 7.36. The Hall–Kier alpha value is -3.41. The molecule has 3 rings (SSSR count). The van der Waals surface area contributed by atoms with Crippen LogP contribution in [0.25, 0.3) is 5.69 Å². The molecule has 0 saturated heterocycles. The van der Waals surface area contributed by atoms with Crippen molar-refractivity contribution in [2.24, 2.45) is 0 Å². The van der Waals surface area contributed by atoms with Crippen molar-refractivity contribution in [3.8, 4) is 5.69 Å². The molecule has 0 aliphatic heterocycles. The normalized spacial score (nSPS) is 10.7. The number of aryl methyl sites for hydroxylation is 3. The van der Waals surface area contributed by atoms with Crippen molar-refractivity contribution in [1.29, 1.82) is 0 Å². The second-order valence-electron chi connectivity index (χ2n) is 7.62. The number of nitrogens with one attached hydrogen (secondary N) is 1. The Labute approximate surface area is 183 Å². The van der Waals surface area contributed by atoms with E-state index in [2.05, 4.69) is 10.4 Å². The van der Waals surface area contributed by atoms with Gasteiger partial charge in [0.25, 0.3) is 0 Å². The van der Waals surface area contributed by atoms with E-state index in [1.54, 1.807) is 24.3 Å². The summed E-state index contributed by atoms with van der Waals surface area (Å²) in [6, 6.07) is 16.9. The molecule has 6 heteroatoms. The molecule has 0 aliphatic rings. The summed E-state index contributed by atoms with van der Waals surface area (Å²) in [4.78, 5) is 24.2. The van der Waals surface area contributed by atoms with Gasteiger partial charge >= 0.3 is 5.97 Å². The number of unbranched alkanes of at least 4 members (excludes halogenated alkanes) is 1. The van der Waals surface area contributed by atoms with Crippen molar-refractivity contribution < 1.29 is 14.3 Å². The molecule has 162 valence electrons. The minimum absolute atomic E-state index is 0.0686. The Morgan fingerprint density at radius 1 is 1.03 bits per heavy atom. The van der Waals surface area contributed by atoms with Crippen molar-refractivity contribution in [2.75, 3.05) is 11.9 Å². The summed E-state index contributed by atoms with van der Waals surface area (Å²) in [5.74, 6) is -0.406. The van der Waals surface area contributed by atoms with Gasteiger partial charge in [-0.3, -0.25) is 4.79 Å². The minimum atomic E-state index is -0.338. The van der Waals surface area contributed by atoms with Gasteiger partial charge in [0, 0.05) is 17.8 Å². The monoisotopic (exact) mass is 419 g/mol. The molecule has 1 amide bonds. The Morgan fingerprint density at radius 2 is 1.74 bits per heavy atom. The molecule has 1 aromatic heterocycles. The summed E-state index contributed by atoms with van der Waals surface area (Å²) in [6.07, 6.45) is 2.85. The van der Waals surface area contributed by atoms with E-state index in [4.69, 9.17) is 4.74 Å². The smallest absolute Gasteiger partial charge is 0.338 e. The van der Waals surface area contributed by atoms with Crippen LogP contribution in [0.5, 0.6) is 0 Å². The summed E-state index contributed by atoms with van der Waals surface area (Å²) >= 11 is 0. The zero-order valence-electron chi connectivity index (χ0n) is 18.4. The average molecular weight is 420 g/mol. The molecule has 1 N–H and O–H groups in total. The van der Waals surface area contributed by atoms with Crippen molar-refractivity contribution in [3.63, 3.8) is 0 Å². The van der Waals surface area contributed by atoms with Gasteiger partial charge < -0.3 is 10.1 Å². The number of hydrogen-bond donors (Lipinski definition) is 1. The minimum Gasteiger partial charge on any atom is -0.462 e. The topological polar surface area (TPSA) is 73.2 Å². The van der Waals surface area contributed by atoms with Crippen LogP contribution in [-0.2, 0) is 16.0 Å². The fraction of sp³-hybridized carbons (Fsp3) is 0.320. The SMILES string of the molecule is CCCCOC(=O)c1ccc(NC(=O)CCc2ccc(-n3nc(C)cc3C)cc2)cc1. The van der Waals surface area contributed by atoms with E-state index < -0.39 is 0 Å². The highest BCUT2D eigenvalue weighted by Gasteiger charge is 2.09. The number of anilines is 1. The van der Waals surface area contributed by atoms with E-state index in [1.807, 2.05) is 55.8 Å². The highest BCUT2D eigenvalue weighted by atomic mass is 16.5. The number of benzene rings is 2. The molecule has 31 heavy (non-hydrogen) atoms. The first-order valence-corrected chi connectivity index (χ1v) is 10.7. The van der Waals surface area contributed by atoms with Gasteiger partial charge in [0.05, 0.1) is 23.6 Å². The number of esters is 1. The summed E-state index contributed by atoms with van der Waals surface area (Å²) in [6.45, 7) is 6.47.